The Kier molecular flexibility index (Phi) is 4.63. The van der Waals surface area contributed by atoms with Crippen LogP contribution in [0.15, 0.2) is 36.4 Å². The summed E-state index contributed by atoms with van der Waals surface area (Å²) >= 11 is 0. The van der Waals surface area contributed by atoms with Gasteiger partial charge in [0.15, 0.2) is 0 Å². The summed E-state index contributed by atoms with van der Waals surface area (Å²) in [5, 5.41) is 15.4. The van der Waals surface area contributed by atoms with Crippen molar-refractivity contribution < 1.29 is 4.79 Å². The molecular weight excluding hydrogens is 288 g/mol. The third kappa shape index (κ3) is 3.38. The van der Waals surface area contributed by atoms with Crippen LogP contribution in [0.4, 0.5) is 4.79 Å². The van der Waals surface area contributed by atoms with Gasteiger partial charge in [0, 0.05) is 13.1 Å². The summed E-state index contributed by atoms with van der Waals surface area (Å²) in [4.78, 5) is 14.3. The van der Waals surface area contributed by atoms with Gasteiger partial charge in [0.1, 0.15) is 0 Å². The summed E-state index contributed by atoms with van der Waals surface area (Å²) in [5.74, 6) is 0.509. The highest BCUT2D eigenvalue weighted by Crippen LogP contribution is 2.32. The third-order valence-corrected chi connectivity index (χ3v) is 4.67. The first kappa shape index (κ1) is 15.6. The molecule has 0 spiro atoms. The molecule has 0 aromatic heterocycles. The van der Waals surface area contributed by atoms with Crippen LogP contribution in [0.25, 0.3) is 0 Å². The van der Waals surface area contributed by atoms with Gasteiger partial charge in [0.25, 0.3) is 0 Å². The fraction of sp³-hybridized carbons (Fsp3) is 0.444. The van der Waals surface area contributed by atoms with Crippen LogP contribution in [0.2, 0.25) is 0 Å². The number of benzene rings is 1. The van der Waals surface area contributed by atoms with Crippen molar-refractivity contribution in [2.45, 2.75) is 18.9 Å². The SMILES string of the molecule is C=C1CNC(=O)N(CC2CCNCC2)C1c1cccc(C#N)c1. The second kappa shape index (κ2) is 6.84. The average molecular weight is 310 g/mol. The van der Waals surface area contributed by atoms with Crippen LogP contribution in [0, 0.1) is 17.2 Å². The maximum absolute atomic E-state index is 12.4. The molecule has 2 aliphatic rings. The first-order chi connectivity index (χ1) is 11.2. The standard InChI is InChI=1S/C18H22N4O/c1-13-11-21-18(23)22(12-14-5-7-20-8-6-14)17(13)16-4-2-3-15(9-16)10-19/h2-4,9,14,17,20H,1,5-8,11-12H2,(H,21,23). The molecule has 2 saturated heterocycles. The molecule has 1 aromatic rings. The maximum Gasteiger partial charge on any atom is 0.318 e. The summed E-state index contributed by atoms with van der Waals surface area (Å²) in [6.45, 7) is 7.39. The number of piperidine rings is 1. The van der Waals surface area contributed by atoms with Gasteiger partial charge < -0.3 is 15.5 Å². The summed E-state index contributed by atoms with van der Waals surface area (Å²) in [6.07, 6.45) is 2.17. The van der Waals surface area contributed by atoms with E-state index < -0.39 is 0 Å². The maximum atomic E-state index is 12.4. The molecular formula is C18H22N4O. The van der Waals surface area contributed by atoms with Crippen LogP contribution in [-0.4, -0.2) is 37.1 Å². The lowest BCUT2D eigenvalue weighted by Crippen LogP contribution is -2.51. The van der Waals surface area contributed by atoms with Crippen molar-refractivity contribution in [1.29, 1.82) is 5.26 Å². The van der Waals surface area contributed by atoms with Crippen LogP contribution < -0.4 is 10.6 Å². The number of carbonyl (C=O) groups is 1. The molecule has 2 amide bonds. The Morgan fingerprint density at radius 2 is 2.13 bits per heavy atom. The normalized spacial score (nSPS) is 22.6. The zero-order valence-electron chi connectivity index (χ0n) is 13.2. The minimum atomic E-state index is -0.146. The third-order valence-electron chi connectivity index (χ3n) is 4.67. The molecule has 0 radical (unpaired) electrons. The molecule has 0 bridgehead atoms. The number of nitriles is 1. The Bertz CT molecular complexity index is 643. The topological polar surface area (TPSA) is 68.2 Å². The van der Waals surface area contributed by atoms with Gasteiger partial charge in [0.2, 0.25) is 0 Å². The van der Waals surface area contributed by atoms with E-state index in [4.69, 9.17) is 5.26 Å². The van der Waals surface area contributed by atoms with E-state index in [9.17, 15) is 4.79 Å². The number of nitrogens with one attached hydrogen (secondary N) is 2. The molecule has 5 heteroatoms. The second-order valence-electron chi connectivity index (χ2n) is 6.30. The molecule has 2 heterocycles. The van der Waals surface area contributed by atoms with Gasteiger partial charge in [-0.05, 0) is 55.1 Å². The highest BCUT2D eigenvalue weighted by molar-refractivity contribution is 5.77. The predicted molar refractivity (Wildman–Crippen MR) is 88.7 cm³/mol. The molecule has 2 aliphatic heterocycles. The van der Waals surface area contributed by atoms with E-state index in [-0.39, 0.29) is 12.1 Å². The quantitative estimate of drug-likeness (QED) is 0.841. The highest BCUT2D eigenvalue weighted by atomic mass is 16.2. The van der Waals surface area contributed by atoms with Crippen LogP contribution in [0.3, 0.4) is 0 Å². The second-order valence-corrected chi connectivity index (χ2v) is 6.30. The molecule has 1 unspecified atom stereocenters. The summed E-state index contributed by atoms with van der Waals surface area (Å²) < 4.78 is 0. The van der Waals surface area contributed by atoms with E-state index in [1.54, 1.807) is 6.07 Å². The van der Waals surface area contributed by atoms with Crippen LogP contribution in [-0.2, 0) is 0 Å². The lowest BCUT2D eigenvalue weighted by Gasteiger charge is -2.40. The molecule has 0 aliphatic carbocycles. The van der Waals surface area contributed by atoms with Crippen molar-refractivity contribution >= 4 is 6.03 Å². The number of hydrogen-bond acceptors (Lipinski definition) is 3. The number of carbonyl (C=O) groups excluding carboxylic acids is 1. The molecule has 5 nitrogen and oxygen atoms in total. The molecule has 1 aromatic carbocycles. The predicted octanol–water partition coefficient (Wildman–Crippen LogP) is 2.18. The highest BCUT2D eigenvalue weighted by Gasteiger charge is 2.33. The van der Waals surface area contributed by atoms with Crippen molar-refractivity contribution in [2.24, 2.45) is 5.92 Å². The first-order valence-electron chi connectivity index (χ1n) is 8.12. The minimum absolute atomic E-state index is 0.0386. The molecule has 3 rings (SSSR count). The zero-order chi connectivity index (χ0) is 16.2. The molecule has 0 saturated carbocycles. The number of nitrogens with zero attached hydrogens (tertiary/aromatic N) is 2. The number of rotatable bonds is 3. The molecule has 23 heavy (non-hydrogen) atoms. The Labute approximate surface area is 137 Å². The van der Waals surface area contributed by atoms with Gasteiger partial charge in [-0.25, -0.2) is 4.79 Å². The first-order valence-corrected chi connectivity index (χ1v) is 8.12. The number of hydrogen-bond donors (Lipinski definition) is 2. The van der Waals surface area contributed by atoms with Crippen molar-refractivity contribution in [3.63, 3.8) is 0 Å². The van der Waals surface area contributed by atoms with Gasteiger partial charge >= 0.3 is 6.03 Å². The van der Waals surface area contributed by atoms with Gasteiger partial charge in [-0.2, -0.15) is 5.26 Å². The lowest BCUT2D eigenvalue weighted by molar-refractivity contribution is 0.153. The number of amides is 2. The van der Waals surface area contributed by atoms with Gasteiger partial charge in [0.05, 0.1) is 17.7 Å². The van der Waals surface area contributed by atoms with E-state index in [1.807, 2.05) is 23.1 Å². The van der Waals surface area contributed by atoms with Gasteiger partial charge in [-0.3, -0.25) is 0 Å². The fourth-order valence-electron chi connectivity index (χ4n) is 3.45. The largest absolute Gasteiger partial charge is 0.334 e. The monoisotopic (exact) mass is 310 g/mol. The Hall–Kier alpha value is -2.32. The van der Waals surface area contributed by atoms with Crippen molar-refractivity contribution in [3.05, 3.63) is 47.5 Å². The van der Waals surface area contributed by atoms with E-state index in [0.717, 1.165) is 43.6 Å². The Morgan fingerprint density at radius 1 is 1.35 bits per heavy atom. The van der Waals surface area contributed by atoms with Crippen LogP contribution >= 0.6 is 0 Å². The summed E-state index contributed by atoms with van der Waals surface area (Å²) in [6, 6.07) is 9.48. The fourth-order valence-corrected chi connectivity index (χ4v) is 3.45. The molecule has 2 N–H and O–H groups in total. The average Bonchev–Trinajstić information content (AvgIpc) is 2.59. The molecule has 120 valence electrons. The smallest absolute Gasteiger partial charge is 0.318 e. The number of urea groups is 1. The van der Waals surface area contributed by atoms with E-state index >= 15 is 0 Å². The Balaban J connectivity index is 1.87. The lowest BCUT2D eigenvalue weighted by atomic mass is 9.92. The molecule has 1 atom stereocenters. The van der Waals surface area contributed by atoms with Crippen LogP contribution in [0.1, 0.15) is 30.0 Å². The zero-order valence-corrected chi connectivity index (χ0v) is 13.2. The van der Waals surface area contributed by atoms with Crippen molar-refractivity contribution in [2.75, 3.05) is 26.2 Å². The van der Waals surface area contributed by atoms with Gasteiger partial charge in [-0.1, -0.05) is 18.7 Å². The molecule has 2 fully saturated rings. The van der Waals surface area contributed by atoms with Crippen LogP contribution in [0.5, 0.6) is 0 Å². The van der Waals surface area contributed by atoms with Gasteiger partial charge in [-0.15, -0.1) is 0 Å². The van der Waals surface area contributed by atoms with E-state index in [2.05, 4.69) is 23.3 Å². The minimum Gasteiger partial charge on any atom is -0.334 e. The Morgan fingerprint density at radius 3 is 2.87 bits per heavy atom. The van der Waals surface area contributed by atoms with Crippen molar-refractivity contribution in [1.82, 2.24) is 15.5 Å². The summed E-state index contributed by atoms with van der Waals surface area (Å²) in [5.41, 5.74) is 2.55. The van der Waals surface area contributed by atoms with E-state index in [1.165, 1.54) is 0 Å². The van der Waals surface area contributed by atoms with Crippen molar-refractivity contribution in [3.8, 4) is 6.07 Å². The summed E-state index contributed by atoms with van der Waals surface area (Å²) in [7, 11) is 0. The van der Waals surface area contributed by atoms with E-state index in [0.29, 0.717) is 18.0 Å².